The molecule has 31 heavy (non-hydrogen) atoms. The maximum Gasteiger partial charge on any atom is 0.417 e. The van der Waals surface area contributed by atoms with E-state index < -0.39 is 6.09 Å². The fourth-order valence-corrected chi connectivity index (χ4v) is 4.15. The first-order chi connectivity index (χ1) is 15.1. The van der Waals surface area contributed by atoms with E-state index in [1.54, 1.807) is 24.3 Å². The lowest BCUT2D eigenvalue weighted by molar-refractivity contribution is 0.215. The Morgan fingerprint density at radius 1 is 1.23 bits per heavy atom. The molecule has 1 aliphatic rings. The second kappa shape index (κ2) is 10.0. The molecule has 1 aliphatic heterocycles. The summed E-state index contributed by atoms with van der Waals surface area (Å²) in [5.41, 5.74) is 4.29. The molecule has 0 saturated carbocycles. The number of nitrogens with one attached hydrogen (secondary N) is 2. The Kier molecular flexibility index (Phi) is 6.95. The summed E-state index contributed by atoms with van der Waals surface area (Å²) >= 11 is 6.07. The molecule has 6 heteroatoms. The average molecular weight is 438 g/mol. The first kappa shape index (κ1) is 21.5. The normalized spacial score (nSPS) is 14.5. The highest BCUT2D eigenvalue weighted by molar-refractivity contribution is 6.32. The summed E-state index contributed by atoms with van der Waals surface area (Å²) in [5.74, 6) is 0.334. The third-order valence-electron chi connectivity index (χ3n) is 5.68. The number of halogens is 1. The van der Waals surface area contributed by atoms with E-state index >= 15 is 0 Å². The zero-order valence-corrected chi connectivity index (χ0v) is 18.5. The van der Waals surface area contributed by atoms with Gasteiger partial charge in [-0.05, 0) is 55.3 Å². The van der Waals surface area contributed by atoms with Crippen LogP contribution in [0.25, 0.3) is 16.5 Å². The number of aromatic nitrogens is 1. The molecule has 4 rings (SSSR count). The summed E-state index contributed by atoms with van der Waals surface area (Å²) < 4.78 is 5.33. The number of benzene rings is 2. The Hall–Kier alpha value is -2.76. The lowest BCUT2D eigenvalue weighted by Gasteiger charge is -2.26. The van der Waals surface area contributed by atoms with E-state index in [9.17, 15) is 4.79 Å². The second-order valence-electron chi connectivity index (χ2n) is 7.89. The number of carbonyl (C=O) groups is 1. The predicted molar refractivity (Wildman–Crippen MR) is 128 cm³/mol. The number of unbranched alkanes of at least 4 members (excludes halogenated alkanes) is 2. The van der Waals surface area contributed by atoms with Gasteiger partial charge in [-0.2, -0.15) is 0 Å². The minimum atomic E-state index is -0.566. The highest BCUT2D eigenvalue weighted by atomic mass is 35.5. The Morgan fingerprint density at radius 3 is 2.87 bits per heavy atom. The number of ether oxygens (including phenoxy) is 1. The number of H-pyrrole nitrogens is 1. The summed E-state index contributed by atoms with van der Waals surface area (Å²) in [5, 5.41) is 4.30. The van der Waals surface area contributed by atoms with Gasteiger partial charge in [-0.1, -0.05) is 49.6 Å². The summed E-state index contributed by atoms with van der Waals surface area (Å²) in [6, 6.07) is 12.7. The molecule has 1 aromatic heterocycles. The van der Waals surface area contributed by atoms with Crippen LogP contribution in [0.5, 0.6) is 5.75 Å². The van der Waals surface area contributed by atoms with Crippen molar-refractivity contribution in [1.29, 1.82) is 0 Å². The lowest BCUT2D eigenvalue weighted by atomic mass is 9.98. The van der Waals surface area contributed by atoms with Crippen LogP contribution in [-0.4, -0.2) is 35.6 Å². The van der Waals surface area contributed by atoms with Gasteiger partial charge in [0.1, 0.15) is 0 Å². The Morgan fingerprint density at radius 2 is 2.10 bits per heavy atom. The quantitative estimate of drug-likeness (QED) is 0.404. The van der Waals surface area contributed by atoms with Gasteiger partial charge in [-0.3, -0.25) is 10.2 Å². The van der Waals surface area contributed by atoms with Gasteiger partial charge < -0.3 is 9.72 Å². The van der Waals surface area contributed by atoms with Crippen molar-refractivity contribution in [2.75, 3.05) is 25.0 Å². The molecule has 5 nitrogen and oxygen atoms in total. The zero-order chi connectivity index (χ0) is 21.6. The van der Waals surface area contributed by atoms with Gasteiger partial charge >= 0.3 is 6.09 Å². The molecule has 0 aliphatic carbocycles. The molecule has 0 atom stereocenters. The fourth-order valence-electron chi connectivity index (χ4n) is 3.98. The van der Waals surface area contributed by atoms with E-state index in [4.69, 9.17) is 16.3 Å². The summed E-state index contributed by atoms with van der Waals surface area (Å²) in [6.45, 7) is 5.50. The van der Waals surface area contributed by atoms with E-state index in [0.29, 0.717) is 16.5 Å². The van der Waals surface area contributed by atoms with E-state index in [-0.39, 0.29) is 0 Å². The maximum atomic E-state index is 12.3. The number of hydrogen-bond acceptors (Lipinski definition) is 3. The number of anilines is 1. The lowest BCUT2D eigenvalue weighted by Crippen LogP contribution is -2.29. The first-order valence-electron chi connectivity index (χ1n) is 10.9. The third-order valence-corrected chi connectivity index (χ3v) is 6.00. The van der Waals surface area contributed by atoms with Gasteiger partial charge in [0.05, 0.1) is 5.02 Å². The van der Waals surface area contributed by atoms with E-state index in [2.05, 4.69) is 34.4 Å². The first-order valence-corrected chi connectivity index (χ1v) is 11.3. The molecule has 0 fully saturated rings. The number of aromatic amines is 1. The molecule has 0 spiro atoms. The van der Waals surface area contributed by atoms with Gasteiger partial charge in [-0.25, -0.2) is 4.79 Å². The number of rotatable bonds is 7. The van der Waals surface area contributed by atoms with Gasteiger partial charge in [-0.15, -0.1) is 0 Å². The summed E-state index contributed by atoms with van der Waals surface area (Å²) in [6.07, 6.45) is 8.69. The monoisotopic (exact) mass is 437 g/mol. The van der Waals surface area contributed by atoms with Crippen LogP contribution in [0.4, 0.5) is 10.5 Å². The number of fused-ring (bicyclic) bond motifs is 1. The van der Waals surface area contributed by atoms with E-state index in [1.807, 2.05) is 18.2 Å². The smallest absolute Gasteiger partial charge is 0.409 e. The Labute approximate surface area is 188 Å². The van der Waals surface area contributed by atoms with Crippen molar-refractivity contribution in [2.45, 2.75) is 32.6 Å². The van der Waals surface area contributed by atoms with Gasteiger partial charge in [0.25, 0.3) is 0 Å². The third kappa shape index (κ3) is 5.30. The van der Waals surface area contributed by atoms with Gasteiger partial charge in [0.15, 0.2) is 5.75 Å². The minimum absolute atomic E-state index is 0.334. The maximum absolute atomic E-state index is 12.3. The molecule has 0 unspecified atom stereocenters. The summed E-state index contributed by atoms with van der Waals surface area (Å²) in [7, 11) is 0. The highest BCUT2D eigenvalue weighted by Crippen LogP contribution is 2.31. The van der Waals surface area contributed by atoms with Crippen LogP contribution in [0.15, 0.2) is 54.7 Å². The van der Waals surface area contributed by atoms with Crippen LogP contribution < -0.4 is 10.1 Å². The van der Waals surface area contributed by atoms with Crippen molar-refractivity contribution in [2.24, 2.45) is 0 Å². The van der Waals surface area contributed by atoms with Gasteiger partial charge in [0, 0.05) is 41.4 Å². The average Bonchev–Trinajstić information content (AvgIpc) is 3.19. The molecule has 162 valence electrons. The zero-order valence-electron chi connectivity index (χ0n) is 17.8. The van der Waals surface area contributed by atoms with E-state index in [1.165, 1.54) is 36.9 Å². The number of amides is 1. The molecule has 1 amide bonds. The van der Waals surface area contributed by atoms with E-state index in [0.717, 1.165) is 30.4 Å². The molecule has 3 aromatic rings. The van der Waals surface area contributed by atoms with Crippen LogP contribution in [0.3, 0.4) is 0 Å². The SMILES string of the molecule is CCCCCN1CC=C(c2c[nH]c3ccc(NC(=O)Oc4ccccc4Cl)cc23)CC1. The number of carbonyl (C=O) groups excluding carboxylic acids is 1. The topological polar surface area (TPSA) is 57.4 Å². The number of para-hydroxylation sites is 1. The molecule has 2 N–H and O–H groups in total. The number of nitrogens with zero attached hydrogens (tertiary/aromatic N) is 1. The molecule has 2 heterocycles. The highest BCUT2D eigenvalue weighted by Gasteiger charge is 2.16. The number of hydrogen-bond donors (Lipinski definition) is 2. The van der Waals surface area contributed by atoms with Crippen LogP contribution in [-0.2, 0) is 0 Å². The Balaban J connectivity index is 1.45. The van der Waals surface area contributed by atoms with Crippen LogP contribution in [0.1, 0.15) is 38.2 Å². The van der Waals surface area contributed by atoms with Crippen molar-refractivity contribution in [3.63, 3.8) is 0 Å². The van der Waals surface area contributed by atoms with Crippen LogP contribution in [0, 0.1) is 0 Å². The van der Waals surface area contributed by atoms with Crippen molar-refractivity contribution >= 4 is 39.9 Å². The minimum Gasteiger partial charge on any atom is -0.409 e. The predicted octanol–water partition coefficient (Wildman–Crippen LogP) is 6.71. The molecule has 0 bridgehead atoms. The van der Waals surface area contributed by atoms with Crippen LogP contribution >= 0.6 is 11.6 Å². The molecular weight excluding hydrogens is 410 g/mol. The molecular formula is C25H28ClN3O2. The molecule has 2 aromatic carbocycles. The van der Waals surface area contributed by atoms with Crippen molar-refractivity contribution in [3.05, 3.63) is 65.3 Å². The second-order valence-corrected chi connectivity index (χ2v) is 8.30. The Bertz CT molecular complexity index is 1090. The van der Waals surface area contributed by atoms with Crippen LogP contribution in [0.2, 0.25) is 5.02 Å². The standard InChI is InChI=1S/C25H28ClN3O2/c1-2-3-6-13-29-14-11-18(12-15-29)21-17-27-23-10-9-19(16-20(21)23)28-25(30)31-24-8-5-4-7-22(24)26/h4-5,7-11,16-17,27H,2-3,6,12-15H2,1H3,(H,28,30). The largest absolute Gasteiger partial charge is 0.417 e. The van der Waals surface area contributed by atoms with Crippen molar-refractivity contribution < 1.29 is 9.53 Å². The van der Waals surface area contributed by atoms with Gasteiger partial charge in [0.2, 0.25) is 0 Å². The molecule has 0 saturated heterocycles. The fraction of sp³-hybridized carbons (Fsp3) is 0.320. The summed E-state index contributed by atoms with van der Waals surface area (Å²) in [4.78, 5) is 18.2. The molecule has 0 radical (unpaired) electrons. The van der Waals surface area contributed by atoms with Crippen molar-refractivity contribution in [3.8, 4) is 5.75 Å². The van der Waals surface area contributed by atoms with Crippen molar-refractivity contribution in [1.82, 2.24) is 9.88 Å².